The molecule has 0 radical (unpaired) electrons. The van der Waals surface area contributed by atoms with Crippen LogP contribution in [0.4, 0.5) is 4.39 Å². The van der Waals surface area contributed by atoms with Gasteiger partial charge in [-0.3, -0.25) is 4.90 Å². The SMILES string of the molecule is CCN1CC(F)CC1(CC)CO. The number of hydrogen-bond donors (Lipinski definition) is 1. The maximum absolute atomic E-state index is 13.1. The van der Waals surface area contributed by atoms with E-state index in [1.165, 1.54) is 0 Å². The number of likely N-dealkylation sites (tertiary alicyclic amines) is 1. The molecular formula is C9H18FNO. The molecule has 0 bridgehead atoms. The molecule has 1 fully saturated rings. The first-order valence-corrected chi connectivity index (χ1v) is 4.68. The second-order valence-corrected chi connectivity index (χ2v) is 3.58. The van der Waals surface area contributed by atoms with Crippen LogP contribution >= 0.6 is 0 Å². The maximum atomic E-state index is 13.1. The third kappa shape index (κ3) is 1.48. The van der Waals surface area contributed by atoms with Crippen LogP contribution in [0.25, 0.3) is 0 Å². The number of nitrogens with zero attached hydrogens (tertiary/aromatic N) is 1. The first-order chi connectivity index (χ1) is 5.68. The number of aliphatic hydroxyl groups is 1. The Morgan fingerprint density at radius 1 is 1.58 bits per heavy atom. The van der Waals surface area contributed by atoms with Gasteiger partial charge in [0.2, 0.25) is 0 Å². The number of likely N-dealkylation sites (N-methyl/N-ethyl adjacent to an activating group) is 1. The predicted octanol–water partition coefficient (Wildman–Crippen LogP) is 1.19. The minimum atomic E-state index is -0.753. The molecule has 1 aliphatic heterocycles. The third-order valence-electron chi connectivity index (χ3n) is 3.02. The van der Waals surface area contributed by atoms with Crippen LogP contribution in [0.15, 0.2) is 0 Å². The Kier molecular flexibility index (Phi) is 3.07. The molecular weight excluding hydrogens is 157 g/mol. The van der Waals surface area contributed by atoms with E-state index in [1.807, 2.05) is 13.8 Å². The lowest BCUT2D eigenvalue weighted by molar-refractivity contribution is 0.0646. The van der Waals surface area contributed by atoms with E-state index in [9.17, 15) is 9.50 Å². The second kappa shape index (κ2) is 3.71. The summed E-state index contributed by atoms with van der Waals surface area (Å²) in [6.45, 7) is 5.42. The minimum absolute atomic E-state index is 0.0811. The van der Waals surface area contributed by atoms with Gasteiger partial charge in [-0.05, 0) is 13.0 Å². The fraction of sp³-hybridized carbons (Fsp3) is 1.00. The first-order valence-electron chi connectivity index (χ1n) is 4.68. The highest BCUT2D eigenvalue weighted by Crippen LogP contribution is 2.33. The van der Waals surface area contributed by atoms with Gasteiger partial charge in [0, 0.05) is 18.5 Å². The number of rotatable bonds is 3. The Morgan fingerprint density at radius 2 is 2.25 bits per heavy atom. The van der Waals surface area contributed by atoms with Gasteiger partial charge >= 0.3 is 0 Å². The quantitative estimate of drug-likeness (QED) is 0.696. The second-order valence-electron chi connectivity index (χ2n) is 3.58. The summed E-state index contributed by atoms with van der Waals surface area (Å²) in [6, 6.07) is 0. The normalized spacial score (nSPS) is 37.5. The van der Waals surface area contributed by atoms with Gasteiger partial charge in [-0.25, -0.2) is 4.39 Å². The van der Waals surface area contributed by atoms with Crippen molar-refractivity contribution >= 4 is 0 Å². The van der Waals surface area contributed by atoms with Crippen molar-refractivity contribution in [2.24, 2.45) is 0 Å². The zero-order chi connectivity index (χ0) is 9.19. The van der Waals surface area contributed by atoms with Crippen molar-refractivity contribution in [2.45, 2.75) is 38.4 Å². The largest absolute Gasteiger partial charge is 0.394 e. The van der Waals surface area contributed by atoms with E-state index in [0.29, 0.717) is 13.0 Å². The van der Waals surface area contributed by atoms with Crippen LogP contribution < -0.4 is 0 Å². The van der Waals surface area contributed by atoms with Crippen LogP contribution in [0.5, 0.6) is 0 Å². The van der Waals surface area contributed by atoms with E-state index in [1.54, 1.807) is 0 Å². The van der Waals surface area contributed by atoms with Crippen molar-refractivity contribution in [1.82, 2.24) is 4.90 Å². The van der Waals surface area contributed by atoms with E-state index in [4.69, 9.17) is 0 Å². The molecule has 1 rings (SSSR count). The van der Waals surface area contributed by atoms with Crippen LogP contribution in [-0.4, -0.2) is 41.4 Å². The van der Waals surface area contributed by atoms with Gasteiger partial charge in [-0.1, -0.05) is 13.8 Å². The molecule has 0 saturated carbocycles. The van der Waals surface area contributed by atoms with E-state index >= 15 is 0 Å². The Labute approximate surface area is 73.4 Å². The van der Waals surface area contributed by atoms with Crippen LogP contribution in [0.1, 0.15) is 26.7 Å². The van der Waals surface area contributed by atoms with Gasteiger partial charge < -0.3 is 5.11 Å². The average molecular weight is 175 g/mol. The highest BCUT2D eigenvalue weighted by molar-refractivity contribution is 4.98. The summed E-state index contributed by atoms with van der Waals surface area (Å²) < 4.78 is 13.1. The molecule has 12 heavy (non-hydrogen) atoms. The number of aliphatic hydroxyl groups excluding tert-OH is 1. The maximum Gasteiger partial charge on any atom is 0.115 e. The summed E-state index contributed by atoms with van der Waals surface area (Å²) in [4.78, 5) is 2.05. The van der Waals surface area contributed by atoms with Gasteiger partial charge in [-0.15, -0.1) is 0 Å². The molecule has 2 unspecified atom stereocenters. The van der Waals surface area contributed by atoms with Crippen LogP contribution in [0.3, 0.4) is 0 Å². The lowest BCUT2D eigenvalue weighted by Crippen LogP contribution is -2.46. The average Bonchev–Trinajstić information content (AvgIpc) is 2.42. The Hall–Kier alpha value is -0.150. The summed E-state index contributed by atoms with van der Waals surface area (Å²) in [5.74, 6) is 0. The summed E-state index contributed by atoms with van der Waals surface area (Å²) >= 11 is 0. The molecule has 2 atom stereocenters. The molecule has 0 aromatic carbocycles. The molecule has 0 spiro atoms. The van der Waals surface area contributed by atoms with Crippen molar-refractivity contribution in [3.63, 3.8) is 0 Å². The zero-order valence-electron chi connectivity index (χ0n) is 7.89. The lowest BCUT2D eigenvalue weighted by Gasteiger charge is -2.34. The van der Waals surface area contributed by atoms with Crippen LogP contribution in [-0.2, 0) is 0 Å². The van der Waals surface area contributed by atoms with Gasteiger partial charge in [0.1, 0.15) is 6.17 Å². The minimum Gasteiger partial charge on any atom is -0.394 e. The van der Waals surface area contributed by atoms with Crippen molar-refractivity contribution in [2.75, 3.05) is 19.7 Å². The molecule has 0 aliphatic carbocycles. The van der Waals surface area contributed by atoms with E-state index < -0.39 is 6.17 Å². The molecule has 1 aliphatic rings. The molecule has 72 valence electrons. The fourth-order valence-electron chi connectivity index (χ4n) is 2.15. The first kappa shape index (κ1) is 9.93. The van der Waals surface area contributed by atoms with Crippen molar-refractivity contribution in [3.8, 4) is 0 Å². The zero-order valence-corrected chi connectivity index (χ0v) is 7.89. The van der Waals surface area contributed by atoms with Crippen molar-refractivity contribution < 1.29 is 9.50 Å². The smallest absolute Gasteiger partial charge is 0.115 e. The summed E-state index contributed by atoms with van der Waals surface area (Å²) in [7, 11) is 0. The monoisotopic (exact) mass is 175 g/mol. The standard InChI is InChI=1S/C9H18FNO/c1-3-9(7-12)5-8(10)6-11(9)4-2/h8,12H,3-7H2,1-2H3. The summed E-state index contributed by atoms with van der Waals surface area (Å²) in [5.41, 5.74) is -0.270. The molecule has 0 amide bonds. The molecule has 1 N–H and O–H groups in total. The third-order valence-corrected chi connectivity index (χ3v) is 3.02. The number of hydrogen-bond acceptors (Lipinski definition) is 2. The molecule has 3 heteroatoms. The molecule has 2 nitrogen and oxygen atoms in total. The van der Waals surface area contributed by atoms with E-state index in [0.717, 1.165) is 13.0 Å². The Balaban J connectivity index is 2.71. The van der Waals surface area contributed by atoms with Gasteiger partial charge in [-0.2, -0.15) is 0 Å². The number of halogens is 1. The fourth-order valence-corrected chi connectivity index (χ4v) is 2.15. The van der Waals surface area contributed by atoms with Gasteiger partial charge in [0.15, 0.2) is 0 Å². The lowest BCUT2D eigenvalue weighted by atomic mass is 9.93. The highest BCUT2D eigenvalue weighted by Gasteiger charge is 2.43. The predicted molar refractivity (Wildman–Crippen MR) is 46.9 cm³/mol. The highest BCUT2D eigenvalue weighted by atomic mass is 19.1. The van der Waals surface area contributed by atoms with Gasteiger partial charge in [0.05, 0.1) is 6.61 Å². The van der Waals surface area contributed by atoms with Crippen LogP contribution in [0, 0.1) is 0 Å². The molecule has 1 heterocycles. The van der Waals surface area contributed by atoms with E-state index in [-0.39, 0.29) is 12.1 Å². The Morgan fingerprint density at radius 3 is 2.58 bits per heavy atom. The molecule has 0 aromatic heterocycles. The van der Waals surface area contributed by atoms with Crippen LogP contribution in [0.2, 0.25) is 0 Å². The number of alkyl halides is 1. The van der Waals surface area contributed by atoms with Gasteiger partial charge in [0.25, 0.3) is 0 Å². The topological polar surface area (TPSA) is 23.5 Å². The van der Waals surface area contributed by atoms with E-state index in [2.05, 4.69) is 4.90 Å². The summed E-state index contributed by atoms with van der Waals surface area (Å²) in [6.07, 6.45) is 0.572. The molecule has 0 aromatic rings. The molecule has 1 saturated heterocycles. The van der Waals surface area contributed by atoms with Crippen molar-refractivity contribution in [3.05, 3.63) is 0 Å². The Bertz CT molecular complexity index is 147. The van der Waals surface area contributed by atoms with Crippen molar-refractivity contribution in [1.29, 1.82) is 0 Å². The summed E-state index contributed by atoms with van der Waals surface area (Å²) in [5, 5.41) is 9.23.